The summed E-state index contributed by atoms with van der Waals surface area (Å²) in [6.07, 6.45) is 0. The Hall–Kier alpha value is -2.56. The van der Waals surface area contributed by atoms with Gasteiger partial charge >= 0.3 is 5.69 Å². The van der Waals surface area contributed by atoms with Crippen LogP contribution < -0.4 is 10.1 Å². The van der Waals surface area contributed by atoms with Crippen LogP contribution in [0.2, 0.25) is 0 Å². The van der Waals surface area contributed by atoms with Crippen molar-refractivity contribution < 1.29 is 9.66 Å². The molecule has 2 rings (SSSR count). The van der Waals surface area contributed by atoms with Crippen molar-refractivity contribution in [3.63, 3.8) is 0 Å². The smallest absolute Gasteiger partial charge is 0.334 e. The zero-order chi connectivity index (χ0) is 15.6. The molecule has 1 N–H and O–H groups in total. The second-order valence-corrected chi connectivity index (χ2v) is 4.97. The third-order valence-corrected chi connectivity index (χ3v) is 3.43. The Kier molecular flexibility index (Phi) is 4.12. The van der Waals surface area contributed by atoms with Crippen LogP contribution in [-0.4, -0.2) is 12.0 Å². The molecule has 0 heterocycles. The van der Waals surface area contributed by atoms with E-state index in [9.17, 15) is 10.1 Å². The molecule has 0 atom stereocenters. The highest BCUT2D eigenvalue weighted by molar-refractivity contribution is 5.69. The maximum atomic E-state index is 11.3. The SMILES string of the molecule is CNc1cccc(Oc2cc(C)cc(C)c2C)c1[N+](=O)[O-]. The van der Waals surface area contributed by atoms with Crippen LogP contribution in [0, 0.1) is 30.9 Å². The van der Waals surface area contributed by atoms with Gasteiger partial charge in [0.25, 0.3) is 0 Å². The van der Waals surface area contributed by atoms with E-state index in [1.807, 2.05) is 26.8 Å². The van der Waals surface area contributed by atoms with Gasteiger partial charge in [-0.2, -0.15) is 0 Å². The van der Waals surface area contributed by atoms with Crippen molar-refractivity contribution in [3.8, 4) is 11.5 Å². The van der Waals surface area contributed by atoms with Crippen molar-refractivity contribution >= 4 is 11.4 Å². The summed E-state index contributed by atoms with van der Waals surface area (Å²) < 4.78 is 5.82. The molecular weight excluding hydrogens is 268 g/mol. The Morgan fingerprint density at radius 2 is 1.86 bits per heavy atom. The number of ether oxygens (including phenoxy) is 1. The van der Waals surface area contributed by atoms with Crippen LogP contribution in [0.15, 0.2) is 30.3 Å². The second-order valence-electron chi connectivity index (χ2n) is 4.97. The highest BCUT2D eigenvalue weighted by Gasteiger charge is 2.21. The van der Waals surface area contributed by atoms with Crippen LogP contribution in [0.4, 0.5) is 11.4 Å². The Balaban J connectivity index is 2.52. The van der Waals surface area contributed by atoms with Gasteiger partial charge in [0, 0.05) is 7.05 Å². The fourth-order valence-corrected chi connectivity index (χ4v) is 2.22. The van der Waals surface area contributed by atoms with E-state index in [-0.39, 0.29) is 11.4 Å². The van der Waals surface area contributed by atoms with E-state index in [1.54, 1.807) is 25.2 Å². The van der Waals surface area contributed by atoms with E-state index in [4.69, 9.17) is 4.74 Å². The van der Waals surface area contributed by atoms with Crippen molar-refractivity contribution in [2.75, 3.05) is 12.4 Å². The summed E-state index contributed by atoms with van der Waals surface area (Å²) in [5.74, 6) is 0.879. The number of rotatable bonds is 4. The largest absolute Gasteiger partial charge is 0.450 e. The van der Waals surface area contributed by atoms with Gasteiger partial charge in [0.1, 0.15) is 11.4 Å². The minimum atomic E-state index is -0.431. The van der Waals surface area contributed by atoms with Crippen LogP contribution in [0.5, 0.6) is 11.5 Å². The maximum Gasteiger partial charge on any atom is 0.334 e. The first-order valence-electron chi connectivity index (χ1n) is 6.65. The fourth-order valence-electron chi connectivity index (χ4n) is 2.22. The number of para-hydroxylation sites is 1. The fraction of sp³-hybridized carbons (Fsp3) is 0.250. The van der Waals surface area contributed by atoms with E-state index in [1.165, 1.54) is 0 Å². The zero-order valence-corrected chi connectivity index (χ0v) is 12.6. The maximum absolute atomic E-state index is 11.3. The highest BCUT2D eigenvalue weighted by atomic mass is 16.6. The molecule has 110 valence electrons. The molecule has 5 heteroatoms. The molecule has 2 aromatic carbocycles. The molecule has 0 saturated carbocycles. The molecule has 0 aliphatic rings. The number of hydrogen-bond donors (Lipinski definition) is 1. The van der Waals surface area contributed by atoms with E-state index in [0.29, 0.717) is 11.4 Å². The van der Waals surface area contributed by atoms with Gasteiger partial charge in [-0.05, 0) is 55.7 Å². The molecule has 0 amide bonds. The number of nitro groups is 1. The lowest BCUT2D eigenvalue weighted by Gasteiger charge is -2.13. The van der Waals surface area contributed by atoms with E-state index < -0.39 is 4.92 Å². The molecule has 0 aromatic heterocycles. The van der Waals surface area contributed by atoms with Crippen LogP contribution >= 0.6 is 0 Å². The molecule has 5 nitrogen and oxygen atoms in total. The first kappa shape index (κ1) is 14.8. The van der Waals surface area contributed by atoms with Crippen molar-refractivity contribution in [2.45, 2.75) is 20.8 Å². The average Bonchev–Trinajstić information content (AvgIpc) is 2.43. The van der Waals surface area contributed by atoms with E-state index >= 15 is 0 Å². The third-order valence-electron chi connectivity index (χ3n) is 3.43. The number of nitrogens with zero attached hydrogens (tertiary/aromatic N) is 1. The summed E-state index contributed by atoms with van der Waals surface area (Å²) in [7, 11) is 1.65. The third kappa shape index (κ3) is 2.97. The lowest BCUT2D eigenvalue weighted by molar-refractivity contribution is -0.384. The summed E-state index contributed by atoms with van der Waals surface area (Å²) in [5, 5.41) is 14.1. The molecule has 0 radical (unpaired) electrons. The van der Waals surface area contributed by atoms with Crippen LogP contribution in [0.25, 0.3) is 0 Å². The zero-order valence-electron chi connectivity index (χ0n) is 12.6. The standard InChI is InChI=1S/C16H18N2O3/c1-10-8-11(2)12(3)15(9-10)21-14-7-5-6-13(17-4)16(14)18(19)20/h5-9,17H,1-4H3. The molecule has 0 bridgehead atoms. The Morgan fingerprint density at radius 1 is 1.14 bits per heavy atom. The number of anilines is 1. The summed E-state index contributed by atoms with van der Waals surface area (Å²) in [6, 6.07) is 8.93. The predicted molar refractivity (Wildman–Crippen MR) is 83.4 cm³/mol. The first-order chi connectivity index (χ1) is 9.93. The molecule has 0 saturated heterocycles. The minimum Gasteiger partial charge on any atom is -0.450 e. The normalized spacial score (nSPS) is 10.3. The van der Waals surface area contributed by atoms with Gasteiger partial charge in [-0.3, -0.25) is 10.1 Å². The van der Waals surface area contributed by atoms with Crippen molar-refractivity contribution in [1.29, 1.82) is 0 Å². The van der Waals surface area contributed by atoms with Gasteiger partial charge in [0.05, 0.1) is 4.92 Å². The van der Waals surface area contributed by atoms with Gasteiger partial charge in [0.2, 0.25) is 5.75 Å². The van der Waals surface area contributed by atoms with Gasteiger partial charge in [-0.15, -0.1) is 0 Å². The Bertz CT molecular complexity index is 696. The minimum absolute atomic E-state index is 0.0569. The number of aryl methyl sites for hydroxylation is 2. The van der Waals surface area contributed by atoms with Crippen LogP contribution in [0.3, 0.4) is 0 Å². The summed E-state index contributed by atoms with van der Waals surface area (Å²) in [4.78, 5) is 10.9. The molecule has 0 aliphatic heterocycles. The molecule has 21 heavy (non-hydrogen) atoms. The molecular formula is C16H18N2O3. The van der Waals surface area contributed by atoms with Crippen molar-refractivity contribution in [3.05, 3.63) is 57.1 Å². The average molecular weight is 286 g/mol. The quantitative estimate of drug-likeness (QED) is 0.670. The van der Waals surface area contributed by atoms with Crippen molar-refractivity contribution in [1.82, 2.24) is 0 Å². The number of benzene rings is 2. The lowest BCUT2D eigenvalue weighted by Crippen LogP contribution is -2.00. The summed E-state index contributed by atoms with van der Waals surface area (Å²) in [5.41, 5.74) is 3.50. The van der Waals surface area contributed by atoms with Crippen LogP contribution in [0.1, 0.15) is 16.7 Å². The number of nitrogens with one attached hydrogen (secondary N) is 1. The molecule has 0 fully saturated rings. The van der Waals surface area contributed by atoms with Crippen LogP contribution in [-0.2, 0) is 0 Å². The monoisotopic (exact) mass is 286 g/mol. The van der Waals surface area contributed by atoms with Gasteiger partial charge in [-0.1, -0.05) is 12.1 Å². The highest BCUT2D eigenvalue weighted by Crippen LogP contribution is 2.38. The van der Waals surface area contributed by atoms with Gasteiger partial charge in [-0.25, -0.2) is 0 Å². The molecule has 0 unspecified atom stereocenters. The topological polar surface area (TPSA) is 64.4 Å². The Labute approximate surface area is 123 Å². The molecule has 0 aliphatic carbocycles. The van der Waals surface area contributed by atoms with Gasteiger partial charge in [0.15, 0.2) is 0 Å². The second kappa shape index (κ2) is 5.83. The summed E-state index contributed by atoms with van der Waals surface area (Å²) in [6.45, 7) is 5.91. The molecule has 0 spiro atoms. The lowest BCUT2D eigenvalue weighted by atomic mass is 10.1. The predicted octanol–water partition coefficient (Wildman–Crippen LogP) is 4.35. The first-order valence-corrected chi connectivity index (χ1v) is 6.65. The van der Waals surface area contributed by atoms with E-state index in [0.717, 1.165) is 16.7 Å². The Morgan fingerprint density at radius 3 is 2.48 bits per heavy atom. The summed E-state index contributed by atoms with van der Waals surface area (Å²) >= 11 is 0. The number of hydrogen-bond acceptors (Lipinski definition) is 4. The number of nitro benzene ring substituents is 1. The van der Waals surface area contributed by atoms with Gasteiger partial charge < -0.3 is 10.1 Å². The molecule has 2 aromatic rings. The van der Waals surface area contributed by atoms with E-state index in [2.05, 4.69) is 11.4 Å². The van der Waals surface area contributed by atoms with Crippen molar-refractivity contribution in [2.24, 2.45) is 0 Å².